The van der Waals surface area contributed by atoms with Crippen molar-refractivity contribution < 1.29 is 4.79 Å². The number of ketones is 1. The predicted octanol–water partition coefficient (Wildman–Crippen LogP) is 3.47. The monoisotopic (exact) mass is 237 g/mol. The van der Waals surface area contributed by atoms with Gasteiger partial charge in [-0.25, -0.2) is 0 Å². The number of hydrogen-bond donors (Lipinski definition) is 0. The van der Waals surface area contributed by atoms with Gasteiger partial charge in [0.25, 0.3) is 0 Å². The summed E-state index contributed by atoms with van der Waals surface area (Å²) in [4.78, 5) is 14.2. The lowest BCUT2D eigenvalue weighted by atomic mass is 9.79. The molecule has 1 aliphatic rings. The summed E-state index contributed by atoms with van der Waals surface area (Å²) in [5.74, 6) is 0.378. The van der Waals surface area contributed by atoms with Crippen molar-refractivity contribution in [3.8, 4) is 0 Å². The highest BCUT2D eigenvalue weighted by Crippen LogP contribution is 2.42. The average Bonchev–Trinajstić information content (AvgIpc) is 2.50. The van der Waals surface area contributed by atoms with E-state index in [1.54, 1.807) is 11.3 Å². The van der Waals surface area contributed by atoms with Gasteiger partial charge in [0, 0.05) is 23.9 Å². The van der Waals surface area contributed by atoms with Crippen LogP contribution < -0.4 is 4.90 Å². The van der Waals surface area contributed by atoms with Gasteiger partial charge in [-0.05, 0) is 45.2 Å². The standard InChI is InChI=1S/C13H19NOS/c1-12(2)8-10(15)9-13(3,4)14(12)11-6-5-7-16-11/h5-7H,8-9H2,1-4H3. The Bertz CT molecular complexity index is 372. The molecule has 0 atom stereocenters. The van der Waals surface area contributed by atoms with Gasteiger partial charge in [-0.1, -0.05) is 0 Å². The molecular formula is C13H19NOS. The van der Waals surface area contributed by atoms with Crippen LogP contribution in [-0.4, -0.2) is 16.9 Å². The summed E-state index contributed by atoms with van der Waals surface area (Å²) in [6.45, 7) is 8.63. The molecule has 88 valence electrons. The molecule has 0 saturated carbocycles. The summed E-state index contributed by atoms with van der Waals surface area (Å²) in [6.07, 6.45) is 1.29. The van der Waals surface area contributed by atoms with Crippen LogP contribution in [0.25, 0.3) is 0 Å². The molecule has 2 nitrogen and oxygen atoms in total. The number of Topliss-reactive ketones (excluding diaryl/α,β-unsaturated/α-hetero) is 1. The molecule has 1 saturated heterocycles. The van der Waals surface area contributed by atoms with Crippen LogP contribution in [0.3, 0.4) is 0 Å². The molecule has 1 aromatic heterocycles. The number of carbonyl (C=O) groups excluding carboxylic acids is 1. The van der Waals surface area contributed by atoms with E-state index in [1.807, 2.05) is 0 Å². The topological polar surface area (TPSA) is 20.3 Å². The second-order valence-corrected chi connectivity index (χ2v) is 6.73. The third-order valence-electron chi connectivity index (χ3n) is 3.20. The molecule has 16 heavy (non-hydrogen) atoms. The third-order valence-corrected chi connectivity index (χ3v) is 4.05. The number of hydrogen-bond acceptors (Lipinski definition) is 3. The fourth-order valence-corrected chi connectivity index (χ4v) is 4.05. The molecule has 0 N–H and O–H groups in total. The number of rotatable bonds is 1. The van der Waals surface area contributed by atoms with Crippen LogP contribution in [0.5, 0.6) is 0 Å². The van der Waals surface area contributed by atoms with Crippen LogP contribution in [0.15, 0.2) is 17.5 Å². The minimum absolute atomic E-state index is 0.0797. The largest absolute Gasteiger partial charge is 0.352 e. The summed E-state index contributed by atoms with van der Waals surface area (Å²) in [5, 5.41) is 3.36. The minimum atomic E-state index is -0.0797. The molecule has 0 radical (unpaired) electrons. The van der Waals surface area contributed by atoms with Crippen molar-refractivity contribution in [1.29, 1.82) is 0 Å². The lowest BCUT2D eigenvalue weighted by Gasteiger charge is -2.53. The maximum atomic E-state index is 11.8. The molecule has 2 rings (SSSR count). The molecule has 3 heteroatoms. The van der Waals surface area contributed by atoms with Crippen molar-refractivity contribution in [3.05, 3.63) is 17.5 Å². The van der Waals surface area contributed by atoms with E-state index in [-0.39, 0.29) is 11.1 Å². The van der Waals surface area contributed by atoms with Gasteiger partial charge in [-0.2, -0.15) is 0 Å². The Morgan fingerprint density at radius 1 is 1.19 bits per heavy atom. The summed E-state index contributed by atoms with van der Waals surface area (Å²) in [5.41, 5.74) is -0.159. The second-order valence-electron chi connectivity index (χ2n) is 5.80. The Kier molecular flexibility index (Phi) is 2.61. The third kappa shape index (κ3) is 1.88. The van der Waals surface area contributed by atoms with Crippen molar-refractivity contribution in [2.45, 2.75) is 51.6 Å². The molecule has 0 amide bonds. The van der Waals surface area contributed by atoms with E-state index in [0.29, 0.717) is 18.6 Å². The van der Waals surface area contributed by atoms with Gasteiger partial charge in [0.2, 0.25) is 0 Å². The fourth-order valence-electron chi connectivity index (χ4n) is 3.00. The summed E-state index contributed by atoms with van der Waals surface area (Å²) in [7, 11) is 0. The van der Waals surface area contributed by atoms with E-state index >= 15 is 0 Å². The van der Waals surface area contributed by atoms with Crippen LogP contribution in [0.1, 0.15) is 40.5 Å². The van der Waals surface area contributed by atoms with Crippen LogP contribution in [0.2, 0.25) is 0 Å². The first-order valence-corrected chi connectivity index (χ1v) is 6.56. The molecule has 0 aliphatic carbocycles. The summed E-state index contributed by atoms with van der Waals surface area (Å²) < 4.78 is 0. The lowest BCUT2D eigenvalue weighted by Crippen LogP contribution is -2.61. The number of thiophene rings is 1. The molecule has 1 aromatic rings. The van der Waals surface area contributed by atoms with Crippen LogP contribution in [-0.2, 0) is 4.79 Å². The van der Waals surface area contributed by atoms with E-state index in [1.165, 1.54) is 5.00 Å². The smallest absolute Gasteiger partial charge is 0.137 e. The van der Waals surface area contributed by atoms with Crippen molar-refractivity contribution in [1.82, 2.24) is 0 Å². The zero-order valence-corrected chi connectivity index (χ0v) is 11.2. The maximum Gasteiger partial charge on any atom is 0.137 e. The molecule has 0 aromatic carbocycles. The molecule has 2 heterocycles. The number of anilines is 1. The Morgan fingerprint density at radius 2 is 1.75 bits per heavy atom. The zero-order valence-electron chi connectivity index (χ0n) is 10.4. The molecular weight excluding hydrogens is 218 g/mol. The van der Waals surface area contributed by atoms with Crippen LogP contribution in [0, 0.1) is 0 Å². The van der Waals surface area contributed by atoms with E-state index in [2.05, 4.69) is 50.1 Å². The van der Waals surface area contributed by atoms with E-state index in [0.717, 1.165) is 0 Å². The SMILES string of the molecule is CC1(C)CC(=O)CC(C)(C)N1c1cccs1. The van der Waals surface area contributed by atoms with Gasteiger partial charge < -0.3 is 4.90 Å². The molecule has 1 fully saturated rings. The first-order chi connectivity index (χ1) is 7.33. The normalized spacial score (nSPS) is 23.5. The van der Waals surface area contributed by atoms with Gasteiger partial charge in [-0.3, -0.25) is 4.79 Å². The van der Waals surface area contributed by atoms with Gasteiger partial charge in [0.15, 0.2) is 0 Å². The fraction of sp³-hybridized carbons (Fsp3) is 0.615. The van der Waals surface area contributed by atoms with Crippen molar-refractivity contribution in [2.75, 3.05) is 4.90 Å². The molecule has 1 aliphatic heterocycles. The molecule has 0 spiro atoms. The van der Waals surface area contributed by atoms with Crippen molar-refractivity contribution in [2.24, 2.45) is 0 Å². The van der Waals surface area contributed by atoms with Crippen molar-refractivity contribution >= 4 is 22.1 Å². The Balaban J connectivity index is 2.43. The minimum Gasteiger partial charge on any atom is -0.352 e. The van der Waals surface area contributed by atoms with Gasteiger partial charge in [-0.15, -0.1) is 11.3 Å². The first kappa shape index (κ1) is 11.6. The second kappa shape index (κ2) is 3.59. The highest BCUT2D eigenvalue weighted by Gasteiger charge is 2.45. The Labute approximate surface area is 101 Å². The molecule has 0 bridgehead atoms. The lowest BCUT2D eigenvalue weighted by molar-refractivity contribution is -0.122. The average molecular weight is 237 g/mol. The first-order valence-electron chi connectivity index (χ1n) is 5.68. The van der Waals surface area contributed by atoms with E-state index < -0.39 is 0 Å². The summed E-state index contributed by atoms with van der Waals surface area (Å²) >= 11 is 1.75. The summed E-state index contributed by atoms with van der Waals surface area (Å²) in [6, 6.07) is 4.21. The van der Waals surface area contributed by atoms with E-state index in [9.17, 15) is 4.79 Å². The Morgan fingerprint density at radius 3 is 2.19 bits per heavy atom. The highest BCUT2D eigenvalue weighted by molar-refractivity contribution is 7.14. The Hall–Kier alpha value is -0.830. The van der Waals surface area contributed by atoms with Crippen molar-refractivity contribution in [3.63, 3.8) is 0 Å². The quantitative estimate of drug-likeness (QED) is 0.745. The number of nitrogens with zero attached hydrogens (tertiary/aromatic N) is 1. The number of piperidine rings is 1. The van der Waals surface area contributed by atoms with Crippen LogP contribution in [0.4, 0.5) is 5.00 Å². The van der Waals surface area contributed by atoms with Gasteiger partial charge in [0.05, 0.1) is 5.00 Å². The van der Waals surface area contributed by atoms with Gasteiger partial charge in [0.1, 0.15) is 5.78 Å². The predicted molar refractivity (Wildman–Crippen MR) is 69.2 cm³/mol. The van der Waals surface area contributed by atoms with Gasteiger partial charge >= 0.3 is 0 Å². The van der Waals surface area contributed by atoms with E-state index in [4.69, 9.17) is 0 Å². The highest BCUT2D eigenvalue weighted by atomic mass is 32.1. The number of carbonyl (C=O) groups is 1. The zero-order chi connectivity index (χ0) is 12.0. The maximum absolute atomic E-state index is 11.8. The molecule has 0 unspecified atom stereocenters. The van der Waals surface area contributed by atoms with Crippen LogP contribution >= 0.6 is 11.3 Å².